The van der Waals surface area contributed by atoms with Gasteiger partial charge in [0.1, 0.15) is 0 Å². The Labute approximate surface area is 84.4 Å². The summed E-state index contributed by atoms with van der Waals surface area (Å²) < 4.78 is 0. The Morgan fingerprint density at radius 2 is 1.92 bits per heavy atom. The van der Waals surface area contributed by atoms with Gasteiger partial charge < -0.3 is 5.32 Å². The molecule has 0 aliphatic rings. The Hall–Kier alpha value is -0.570. The van der Waals surface area contributed by atoms with E-state index in [2.05, 4.69) is 38.0 Å². The zero-order chi connectivity index (χ0) is 9.84. The van der Waals surface area contributed by atoms with Crippen molar-refractivity contribution in [1.29, 1.82) is 0 Å². The lowest BCUT2D eigenvalue weighted by Crippen LogP contribution is -2.16. The van der Waals surface area contributed by atoms with Gasteiger partial charge in [0.15, 0.2) is 5.13 Å². The molecule has 1 rings (SSSR count). The van der Waals surface area contributed by atoms with E-state index in [1.54, 1.807) is 11.3 Å². The number of thiazole rings is 1. The van der Waals surface area contributed by atoms with Gasteiger partial charge in [-0.3, -0.25) is 0 Å². The molecule has 3 heteroatoms. The summed E-state index contributed by atoms with van der Waals surface area (Å²) in [4.78, 5) is 5.77. The first kappa shape index (κ1) is 10.5. The second kappa shape index (κ2) is 4.61. The molecule has 0 unspecified atom stereocenters. The number of aryl methyl sites for hydroxylation is 2. The molecule has 0 saturated heterocycles. The van der Waals surface area contributed by atoms with Gasteiger partial charge in [-0.25, -0.2) is 4.98 Å². The van der Waals surface area contributed by atoms with Crippen LogP contribution in [0, 0.1) is 13.8 Å². The Bertz CT molecular complexity index is 244. The van der Waals surface area contributed by atoms with Gasteiger partial charge in [-0.05, 0) is 26.7 Å². The summed E-state index contributed by atoms with van der Waals surface area (Å²) in [7, 11) is 0. The van der Waals surface area contributed by atoms with Crippen LogP contribution in [0.25, 0.3) is 0 Å². The van der Waals surface area contributed by atoms with Crippen LogP contribution in [0.3, 0.4) is 0 Å². The highest BCUT2D eigenvalue weighted by atomic mass is 32.1. The minimum Gasteiger partial charge on any atom is -0.359 e. The lowest BCUT2D eigenvalue weighted by Gasteiger charge is -2.12. The van der Waals surface area contributed by atoms with Crippen LogP contribution < -0.4 is 5.32 Å². The van der Waals surface area contributed by atoms with Gasteiger partial charge >= 0.3 is 0 Å². The minimum atomic E-state index is 0.574. The summed E-state index contributed by atoms with van der Waals surface area (Å²) in [6.07, 6.45) is 2.32. The molecule has 1 heterocycles. The highest BCUT2D eigenvalue weighted by Crippen LogP contribution is 2.22. The first-order chi connectivity index (χ1) is 6.17. The van der Waals surface area contributed by atoms with E-state index in [9.17, 15) is 0 Å². The van der Waals surface area contributed by atoms with Gasteiger partial charge in [0, 0.05) is 10.9 Å². The summed E-state index contributed by atoms with van der Waals surface area (Å²) in [5.74, 6) is 0. The average Bonchev–Trinajstić information content (AvgIpc) is 2.42. The number of anilines is 1. The van der Waals surface area contributed by atoms with Crippen LogP contribution in [0.15, 0.2) is 0 Å². The fourth-order valence-corrected chi connectivity index (χ4v) is 2.09. The van der Waals surface area contributed by atoms with Crippen LogP contribution >= 0.6 is 11.3 Å². The summed E-state index contributed by atoms with van der Waals surface area (Å²) >= 11 is 1.75. The third-order valence-electron chi connectivity index (χ3n) is 2.34. The first-order valence-corrected chi connectivity index (χ1v) is 5.69. The zero-order valence-electron chi connectivity index (χ0n) is 8.85. The van der Waals surface area contributed by atoms with Crippen molar-refractivity contribution in [1.82, 2.24) is 4.98 Å². The first-order valence-electron chi connectivity index (χ1n) is 4.87. The predicted molar refractivity (Wildman–Crippen MR) is 59.6 cm³/mol. The largest absolute Gasteiger partial charge is 0.359 e. The number of hydrogen-bond acceptors (Lipinski definition) is 3. The number of aromatic nitrogens is 1. The van der Waals surface area contributed by atoms with Crippen molar-refractivity contribution >= 4 is 16.5 Å². The van der Waals surface area contributed by atoms with Crippen LogP contribution in [-0.2, 0) is 0 Å². The highest BCUT2D eigenvalue weighted by Gasteiger charge is 2.07. The van der Waals surface area contributed by atoms with Crippen molar-refractivity contribution in [3.8, 4) is 0 Å². The van der Waals surface area contributed by atoms with Crippen LogP contribution in [0.1, 0.15) is 37.3 Å². The summed E-state index contributed by atoms with van der Waals surface area (Å²) in [5.41, 5.74) is 1.15. The molecule has 74 valence electrons. The lowest BCUT2D eigenvalue weighted by molar-refractivity contribution is 0.671. The van der Waals surface area contributed by atoms with Gasteiger partial charge in [-0.1, -0.05) is 13.8 Å². The lowest BCUT2D eigenvalue weighted by atomic mass is 10.2. The molecular weight excluding hydrogens is 180 g/mol. The van der Waals surface area contributed by atoms with Gasteiger partial charge in [0.05, 0.1) is 5.69 Å². The average molecular weight is 198 g/mol. The second-order valence-corrected chi connectivity index (χ2v) is 4.52. The predicted octanol–water partition coefficient (Wildman–Crippen LogP) is 3.36. The number of rotatable bonds is 4. The normalized spacial score (nSPS) is 10.8. The van der Waals surface area contributed by atoms with Crippen molar-refractivity contribution in [2.45, 2.75) is 46.6 Å². The second-order valence-electron chi connectivity index (χ2n) is 3.32. The van der Waals surface area contributed by atoms with E-state index >= 15 is 0 Å². The number of nitrogens with one attached hydrogen (secondary N) is 1. The van der Waals surface area contributed by atoms with Crippen molar-refractivity contribution < 1.29 is 0 Å². The van der Waals surface area contributed by atoms with Crippen molar-refractivity contribution in [2.75, 3.05) is 5.32 Å². The molecule has 0 aliphatic heterocycles. The molecule has 0 saturated carbocycles. The summed E-state index contributed by atoms with van der Waals surface area (Å²) in [6.45, 7) is 8.58. The fourth-order valence-electron chi connectivity index (χ4n) is 1.20. The molecule has 0 spiro atoms. The molecule has 2 nitrogen and oxygen atoms in total. The summed E-state index contributed by atoms with van der Waals surface area (Å²) in [6, 6.07) is 0.574. The molecule has 0 radical (unpaired) electrons. The van der Waals surface area contributed by atoms with E-state index in [0.29, 0.717) is 6.04 Å². The molecule has 1 aromatic heterocycles. The third kappa shape index (κ3) is 2.69. The van der Waals surface area contributed by atoms with Crippen LogP contribution in [0.2, 0.25) is 0 Å². The van der Waals surface area contributed by atoms with E-state index in [1.807, 2.05) is 0 Å². The van der Waals surface area contributed by atoms with Crippen LogP contribution in [0.4, 0.5) is 5.13 Å². The van der Waals surface area contributed by atoms with Crippen molar-refractivity contribution in [2.24, 2.45) is 0 Å². The standard InChI is InChI=1S/C10H18N2S/c1-5-9(6-2)12-10-11-7(3)8(4)13-10/h9H,5-6H2,1-4H3,(H,11,12). The van der Waals surface area contributed by atoms with E-state index in [1.165, 1.54) is 4.88 Å². The SMILES string of the molecule is CCC(CC)Nc1nc(C)c(C)s1. The Kier molecular flexibility index (Phi) is 3.72. The molecule has 1 aromatic rings. The molecule has 13 heavy (non-hydrogen) atoms. The maximum atomic E-state index is 4.45. The molecule has 0 bridgehead atoms. The Morgan fingerprint density at radius 1 is 1.31 bits per heavy atom. The minimum absolute atomic E-state index is 0.574. The monoisotopic (exact) mass is 198 g/mol. The van der Waals surface area contributed by atoms with Gasteiger partial charge in [0.2, 0.25) is 0 Å². The molecule has 0 aromatic carbocycles. The van der Waals surface area contributed by atoms with Gasteiger partial charge in [0.25, 0.3) is 0 Å². The number of nitrogens with zero attached hydrogens (tertiary/aromatic N) is 1. The van der Waals surface area contributed by atoms with E-state index in [0.717, 1.165) is 23.7 Å². The molecule has 0 aliphatic carbocycles. The fraction of sp³-hybridized carbons (Fsp3) is 0.700. The third-order valence-corrected chi connectivity index (χ3v) is 3.35. The van der Waals surface area contributed by atoms with Gasteiger partial charge in [-0.2, -0.15) is 0 Å². The highest BCUT2D eigenvalue weighted by molar-refractivity contribution is 7.15. The molecule has 0 amide bonds. The van der Waals surface area contributed by atoms with Crippen LogP contribution in [-0.4, -0.2) is 11.0 Å². The molecule has 0 fully saturated rings. The van der Waals surface area contributed by atoms with Gasteiger partial charge in [-0.15, -0.1) is 11.3 Å². The molecular formula is C10H18N2S. The van der Waals surface area contributed by atoms with E-state index in [4.69, 9.17) is 0 Å². The molecule has 0 atom stereocenters. The van der Waals surface area contributed by atoms with Crippen molar-refractivity contribution in [3.63, 3.8) is 0 Å². The van der Waals surface area contributed by atoms with E-state index in [-0.39, 0.29) is 0 Å². The maximum absolute atomic E-state index is 4.45. The molecule has 1 N–H and O–H groups in total. The quantitative estimate of drug-likeness (QED) is 0.802. The zero-order valence-corrected chi connectivity index (χ0v) is 9.66. The topological polar surface area (TPSA) is 24.9 Å². The summed E-state index contributed by atoms with van der Waals surface area (Å²) in [5, 5.41) is 4.52. The van der Waals surface area contributed by atoms with Crippen molar-refractivity contribution in [3.05, 3.63) is 10.6 Å². The smallest absolute Gasteiger partial charge is 0.183 e. The maximum Gasteiger partial charge on any atom is 0.183 e. The van der Waals surface area contributed by atoms with E-state index < -0.39 is 0 Å². The Morgan fingerprint density at radius 3 is 2.31 bits per heavy atom. The Balaban J connectivity index is 2.62. The number of hydrogen-bond donors (Lipinski definition) is 1. The van der Waals surface area contributed by atoms with Crippen LogP contribution in [0.5, 0.6) is 0 Å².